The standard InChI is InChI=1S/C13H16N4O3/c1-9-8-12(20-15-9)14-13(18)17-5-2-10(3-6-17)11-4-7-19-16-11/h4,7-8,10H,2-3,5-6H2,1H3,(H,14,18). The highest BCUT2D eigenvalue weighted by atomic mass is 16.5. The van der Waals surface area contributed by atoms with Gasteiger partial charge in [-0.05, 0) is 19.8 Å². The zero-order valence-electron chi connectivity index (χ0n) is 11.2. The van der Waals surface area contributed by atoms with Crippen LogP contribution in [0, 0.1) is 6.92 Å². The third-order valence-electron chi connectivity index (χ3n) is 3.52. The molecule has 0 radical (unpaired) electrons. The van der Waals surface area contributed by atoms with E-state index in [0.29, 0.717) is 24.9 Å². The van der Waals surface area contributed by atoms with Gasteiger partial charge in [0.05, 0.1) is 11.4 Å². The zero-order chi connectivity index (χ0) is 13.9. The fourth-order valence-electron chi connectivity index (χ4n) is 2.42. The molecule has 3 heterocycles. The minimum Gasteiger partial charge on any atom is -0.365 e. The van der Waals surface area contributed by atoms with Crippen molar-refractivity contribution in [2.24, 2.45) is 0 Å². The Morgan fingerprint density at radius 3 is 2.80 bits per heavy atom. The predicted molar refractivity (Wildman–Crippen MR) is 70.3 cm³/mol. The van der Waals surface area contributed by atoms with Gasteiger partial charge in [-0.15, -0.1) is 0 Å². The monoisotopic (exact) mass is 276 g/mol. The fourth-order valence-corrected chi connectivity index (χ4v) is 2.42. The molecule has 106 valence electrons. The Morgan fingerprint density at radius 2 is 2.20 bits per heavy atom. The van der Waals surface area contributed by atoms with Gasteiger partial charge in [-0.2, -0.15) is 0 Å². The number of piperidine rings is 1. The molecule has 1 aliphatic heterocycles. The quantitative estimate of drug-likeness (QED) is 0.910. The summed E-state index contributed by atoms with van der Waals surface area (Å²) in [4.78, 5) is 13.8. The van der Waals surface area contributed by atoms with Gasteiger partial charge in [-0.1, -0.05) is 10.3 Å². The number of carbonyl (C=O) groups is 1. The first-order valence-corrected chi connectivity index (χ1v) is 6.62. The Bertz CT molecular complexity index is 570. The molecule has 7 heteroatoms. The van der Waals surface area contributed by atoms with E-state index in [1.165, 1.54) is 0 Å². The lowest BCUT2D eigenvalue weighted by atomic mass is 9.94. The van der Waals surface area contributed by atoms with Crippen LogP contribution in [0.15, 0.2) is 27.4 Å². The summed E-state index contributed by atoms with van der Waals surface area (Å²) < 4.78 is 9.84. The Labute approximate surface area is 115 Å². The number of urea groups is 1. The Kier molecular flexibility index (Phi) is 3.41. The lowest BCUT2D eigenvalue weighted by molar-refractivity contribution is 0.192. The van der Waals surface area contributed by atoms with Crippen LogP contribution in [-0.4, -0.2) is 34.3 Å². The Morgan fingerprint density at radius 1 is 1.40 bits per heavy atom. The third kappa shape index (κ3) is 2.66. The molecule has 0 spiro atoms. The second kappa shape index (κ2) is 5.36. The average Bonchev–Trinajstić information content (AvgIpc) is 3.11. The first-order valence-electron chi connectivity index (χ1n) is 6.62. The lowest BCUT2D eigenvalue weighted by Crippen LogP contribution is -2.40. The molecule has 2 aromatic rings. The first kappa shape index (κ1) is 12.7. The molecule has 20 heavy (non-hydrogen) atoms. The number of hydrogen-bond acceptors (Lipinski definition) is 5. The van der Waals surface area contributed by atoms with Gasteiger partial charge in [0.25, 0.3) is 0 Å². The minimum atomic E-state index is -0.153. The number of hydrogen-bond donors (Lipinski definition) is 1. The van der Waals surface area contributed by atoms with Crippen molar-refractivity contribution in [3.8, 4) is 0 Å². The zero-order valence-corrected chi connectivity index (χ0v) is 11.2. The summed E-state index contributed by atoms with van der Waals surface area (Å²) in [6.45, 7) is 3.19. The van der Waals surface area contributed by atoms with Crippen LogP contribution in [0.3, 0.4) is 0 Å². The van der Waals surface area contributed by atoms with Gasteiger partial charge in [0.2, 0.25) is 5.88 Å². The van der Waals surface area contributed by atoms with Crippen LogP contribution in [-0.2, 0) is 0 Å². The molecular formula is C13H16N4O3. The second-order valence-electron chi connectivity index (χ2n) is 4.95. The molecule has 1 fully saturated rings. The maximum absolute atomic E-state index is 12.1. The summed E-state index contributed by atoms with van der Waals surface area (Å²) in [7, 11) is 0. The van der Waals surface area contributed by atoms with Gasteiger partial charge >= 0.3 is 6.03 Å². The highest BCUT2D eigenvalue weighted by Gasteiger charge is 2.25. The summed E-state index contributed by atoms with van der Waals surface area (Å²) in [5, 5.41) is 10.4. The SMILES string of the molecule is Cc1cc(NC(=O)N2CCC(c3ccon3)CC2)on1. The van der Waals surface area contributed by atoms with Crippen molar-refractivity contribution in [1.29, 1.82) is 0 Å². The van der Waals surface area contributed by atoms with Crippen LogP contribution in [0.25, 0.3) is 0 Å². The molecule has 2 amide bonds. The first-order chi connectivity index (χ1) is 9.72. The fraction of sp³-hybridized carbons (Fsp3) is 0.462. The molecule has 0 atom stereocenters. The molecule has 0 aromatic carbocycles. The van der Waals surface area contributed by atoms with Crippen molar-refractivity contribution in [3.63, 3.8) is 0 Å². The van der Waals surface area contributed by atoms with E-state index < -0.39 is 0 Å². The van der Waals surface area contributed by atoms with Gasteiger partial charge in [0.15, 0.2) is 0 Å². The van der Waals surface area contributed by atoms with Gasteiger partial charge in [-0.3, -0.25) is 5.32 Å². The summed E-state index contributed by atoms with van der Waals surface area (Å²) in [6, 6.07) is 3.43. The average molecular weight is 276 g/mol. The van der Waals surface area contributed by atoms with E-state index in [9.17, 15) is 4.79 Å². The molecular weight excluding hydrogens is 260 g/mol. The van der Waals surface area contributed by atoms with Gasteiger partial charge in [-0.25, -0.2) is 4.79 Å². The minimum absolute atomic E-state index is 0.153. The smallest absolute Gasteiger partial charge is 0.324 e. The Balaban J connectivity index is 1.54. The van der Waals surface area contributed by atoms with Crippen LogP contribution in [0.1, 0.15) is 30.1 Å². The maximum atomic E-state index is 12.1. The molecule has 2 aromatic heterocycles. The topological polar surface area (TPSA) is 84.4 Å². The number of nitrogens with zero attached hydrogens (tertiary/aromatic N) is 3. The highest BCUT2D eigenvalue weighted by Crippen LogP contribution is 2.26. The number of amides is 2. The molecule has 0 saturated carbocycles. The van der Waals surface area contributed by atoms with Crippen molar-refractivity contribution < 1.29 is 13.8 Å². The summed E-state index contributed by atoms with van der Waals surface area (Å²) in [5.74, 6) is 0.747. The number of carbonyl (C=O) groups excluding carboxylic acids is 1. The van der Waals surface area contributed by atoms with Crippen molar-refractivity contribution in [2.75, 3.05) is 18.4 Å². The number of likely N-dealkylation sites (tertiary alicyclic amines) is 1. The molecule has 0 unspecified atom stereocenters. The van der Waals surface area contributed by atoms with Gasteiger partial charge < -0.3 is 13.9 Å². The molecule has 3 rings (SSSR count). The van der Waals surface area contributed by atoms with E-state index in [1.54, 1.807) is 17.2 Å². The maximum Gasteiger partial charge on any atom is 0.324 e. The highest BCUT2D eigenvalue weighted by molar-refractivity contribution is 5.87. The molecule has 0 aliphatic carbocycles. The molecule has 1 saturated heterocycles. The van der Waals surface area contributed by atoms with Gasteiger partial charge in [0.1, 0.15) is 6.26 Å². The van der Waals surface area contributed by atoms with E-state index >= 15 is 0 Å². The van der Waals surface area contributed by atoms with Crippen LogP contribution in [0.5, 0.6) is 0 Å². The van der Waals surface area contributed by atoms with Crippen LogP contribution in [0.4, 0.5) is 10.7 Å². The number of rotatable bonds is 2. The van der Waals surface area contributed by atoms with Crippen molar-refractivity contribution >= 4 is 11.9 Å². The molecule has 1 N–H and O–H groups in total. The van der Waals surface area contributed by atoms with E-state index in [1.807, 2.05) is 13.0 Å². The summed E-state index contributed by atoms with van der Waals surface area (Å²) in [6.07, 6.45) is 3.35. The van der Waals surface area contributed by atoms with E-state index in [4.69, 9.17) is 9.05 Å². The van der Waals surface area contributed by atoms with Crippen molar-refractivity contribution in [3.05, 3.63) is 29.8 Å². The number of anilines is 1. The molecule has 1 aliphatic rings. The Hall–Kier alpha value is -2.31. The second-order valence-corrected chi connectivity index (χ2v) is 4.95. The number of aryl methyl sites for hydroxylation is 1. The van der Waals surface area contributed by atoms with E-state index in [2.05, 4.69) is 15.6 Å². The largest absolute Gasteiger partial charge is 0.365 e. The summed E-state index contributed by atoms with van der Waals surface area (Å²) >= 11 is 0. The number of nitrogens with one attached hydrogen (secondary N) is 1. The van der Waals surface area contributed by atoms with Gasteiger partial charge in [0, 0.05) is 31.1 Å². The molecule has 0 bridgehead atoms. The van der Waals surface area contributed by atoms with Crippen LogP contribution in [0.2, 0.25) is 0 Å². The predicted octanol–water partition coefficient (Wildman–Crippen LogP) is 2.38. The van der Waals surface area contributed by atoms with E-state index in [-0.39, 0.29) is 6.03 Å². The lowest BCUT2D eigenvalue weighted by Gasteiger charge is -2.30. The third-order valence-corrected chi connectivity index (χ3v) is 3.52. The molecule has 7 nitrogen and oxygen atoms in total. The normalized spacial score (nSPS) is 16.4. The van der Waals surface area contributed by atoms with Crippen molar-refractivity contribution in [2.45, 2.75) is 25.7 Å². The van der Waals surface area contributed by atoms with Crippen LogP contribution >= 0.6 is 0 Å². The van der Waals surface area contributed by atoms with Crippen LogP contribution < -0.4 is 5.32 Å². The van der Waals surface area contributed by atoms with E-state index in [0.717, 1.165) is 24.2 Å². The van der Waals surface area contributed by atoms with Crippen molar-refractivity contribution in [1.82, 2.24) is 15.2 Å². The summed E-state index contributed by atoms with van der Waals surface area (Å²) in [5.41, 5.74) is 1.71. The number of aromatic nitrogens is 2.